The Bertz CT molecular complexity index is 560. The first-order valence-electron chi connectivity index (χ1n) is 7.44. The van der Waals surface area contributed by atoms with Gasteiger partial charge in [0, 0.05) is 12.2 Å². The molecule has 1 fully saturated rings. The molecular formula is C15H21N5O. The fourth-order valence-electron chi connectivity index (χ4n) is 2.75. The van der Waals surface area contributed by atoms with Crippen LogP contribution in [0, 0.1) is 5.92 Å². The molecule has 112 valence electrons. The number of hydrogen-bond acceptors (Lipinski definition) is 6. The highest BCUT2D eigenvalue weighted by Gasteiger charge is 2.23. The molecule has 2 N–H and O–H groups in total. The molecule has 0 radical (unpaired) electrons. The minimum atomic E-state index is 0.284. The molecule has 1 atom stereocenters. The van der Waals surface area contributed by atoms with Crippen LogP contribution in [0.3, 0.4) is 0 Å². The molecule has 1 aliphatic heterocycles. The van der Waals surface area contributed by atoms with E-state index in [1.165, 1.54) is 0 Å². The Morgan fingerprint density at radius 1 is 1.38 bits per heavy atom. The molecule has 0 aliphatic carbocycles. The fraction of sp³-hybridized carbons (Fsp3) is 0.533. The van der Waals surface area contributed by atoms with Crippen LogP contribution in [0.15, 0.2) is 28.9 Å². The summed E-state index contributed by atoms with van der Waals surface area (Å²) in [6.07, 6.45) is 4.00. The normalized spacial score (nSPS) is 18.8. The van der Waals surface area contributed by atoms with Crippen molar-refractivity contribution in [3.8, 4) is 11.5 Å². The average molecular weight is 287 g/mol. The number of pyridine rings is 1. The fourth-order valence-corrected chi connectivity index (χ4v) is 2.75. The van der Waals surface area contributed by atoms with Crippen LogP contribution in [0.4, 0.5) is 0 Å². The second-order valence-corrected chi connectivity index (χ2v) is 5.70. The van der Waals surface area contributed by atoms with Crippen molar-refractivity contribution in [2.75, 3.05) is 13.1 Å². The highest BCUT2D eigenvalue weighted by atomic mass is 16.5. The predicted molar refractivity (Wildman–Crippen MR) is 79.2 cm³/mol. The topological polar surface area (TPSA) is 81.1 Å². The van der Waals surface area contributed by atoms with Gasteiger partial charge in [0.1, 0.15) is 5.69 Å². The summed E-state index contributed by atoms with van der Waals surface area (Å²) in [5, 5.41) is 4.00. The molecule has 1 saturated heterocycles. The molecule has 1 unspecified atom stereocenters. The van der Waals surface area contributed by atoms with E-state index in [4.69, 9.17) is 10.3 Å². The Morgan fingerprint density at radius 2 is 2.19 bits per heavy atom. The zero-order valence-electron chi connectivity index (χ0n) is 12.3. The third-order valence-electron chi connectivity index (χ3n) is 4.10. The summed E-state index contributed by atoms with van der Waals surface area (Å²) in [5.41, 5.74) is 6.71. The van der Waals surface area contributed by atoms with Crippen LogP contribution in [-0.2, 0) is 6.54 Å². The Morgan fingerprint density at radius 3 is 2.86 bits per heavy atom. The summed E-state index contributed by atoms with van der Waals surface area (Å²) in [4.78, 5) is 11.0. The van der Waals surface area contributed by atoms with Gasteiger partial charge in [0.25, 0.3) is 0 Å². The minimum absolute atomic E-state index is 0.284. The van der Waals surface area contributed by atoms with E-state index in [-0.39, 0.29) is 6.04 Å². The molecule has 6 nitrogen and oxygen atoms in total. The lowest BCUT2D eigenvalue weighted by Crippen LogP contribution is -2.39. The van der Waals surface area contributed by atoms with Gasteiger partial charge in [-0.05, 0) is 50.9 Å². The van der Waals surface area contributed by atoms with Crippen molar-refractivity contribution >= 4 is 0 Å². The highest BCUT2D eigenvalue weighted by molar-refractivity contribution is 5.46. The second kappa shape index (κ2) is 6.32. The van der Waals surface area contributed by atoms with Gasteiger partial charge in [0.2, 0.25) is 11.7 Å². The Kier molecular flexibility index (Phi) is 4.26. The molecule has 0 amide bonds. The van der Waals surface area contributed by atoms with E-state index in [0.29, 0.717) is 24.2 Å². The Balaban J connectivity index is 1.59. The van der Waals surface area contributed by atoms with Crippen LogP contribution in [-0.4, -0.2) is 39.2 Å². The second-order valence-electron chi connectivity index (χ2n) is 5.70. The monoisotopic (exact) mass is 287 g/mol. The maximum Gasteiger partial charge on any atom is 0.241 e. The summed E-state index contributed by atoms with van der Waals surface area (Å²) in [7, 11) is 0. The van der Waals surface area contributed by atoms with Crippen LogP contribution in [0.1, 0.15) is 25.7 Å². The first-order chi connectivity index (χ1) is 10.2. The summed E-state index contributed by atoms with van der Waals surface area (Å²) < 4.78 is 5.33. The summed E-state index contributed by atoms with van der Waals surface area (Å²) in [5.74, 6) is 1.83. The Labute approximate surface area is 124 Å². The number of rotatable bonds is 4. The lowest BCUT2D eigenvalue weighted by molar-refractivity contribution is 0.150. The molecule has 3 rings (SSSR count). The van der Waals surface area contributed by atoms with E-state index in [2.05, 4.69) is 26.9 Å². The van der Waals surface area contributed by atoms with Crippen LogP contribution < -0.4 is 5.73 Å². The molecule has 0 saturated carbocycles. The van der Waals surface area contributed by atoms with Gasteiger partial charge < -0.3 is 10.3 Å². The maximum absolute atomic E-state index is 5.97. The number of hydrogen-bond donors (Lipinski definition) is 1. The molecule has 0 aromatic carbocycles. The SMILES string of the molecule is CC(N)C1CCN(Cc2nc(-c3ccccn3)no2)CC1. The van der Waals surface area contributed by atoms with Crippen molar-refractivity contribution < 1.29 is 4.52 Å². The first-order valence-corrected chi connectivity index (χ1v) is 7.44. The van der Waals surface area contributed by atoms with Gasteiger partial charge in [-0.25, -0.2) is 0 Å². The third-order valence-corrected chi connectivity index (χ3v) is 4.10. The quantitative estimate of drug-likeness (QED) is 0.921. The standard InChI is InChI=1S/C15H21N5O/c1-11(16)12-5-8-20(9-6-12)10-14-18-15(19-21-14)13-4-2-3-7-17-13/h2-4,7,11-12H,5-6,8-10,16H2,1H3. The number of nitrogens with two attached hydrogens (primary N) is 1. The molecule has 0 bridgehead atoms. The van der Waals surface area contributed by atoms with Gasteiger partial charge in [-0.1, -0.05) is 11.2 Å². The lowest BCUT2D eigenvalue weighted by Gasteiger charge is -2.32. The molecule has 3 heterocycles. The molecule has 2 aromatic heterocycles. The molecule has 0 spiro atoms. The summed E-state index contributed by atoms with van der Waals surface area (Å²) >= 11 is 0. The largest absolute Gasteiger partial charge is 0.337 e. The van der Waals surface area contributed by atoms with Crippen molar-refractivity contribution in [1.82, 2.24) is 20.0 Å². The van der Waals surface area contributed by atoms with Gasteiger partial charge in [0.15, 0.2) is 0 Å². The molecule has 21 heavy (non-hydrogen) atoms. The van der Waals surface area contributed by atoms with E-state index in [1.54, 1.807) is 6.20 Å². The van der Waals surface area contributed by atoms with E-state index < -0.39 is 0 Å². The number of piperidine rings is 1. The number of aromatic nitrogens is 3. The average Bonchev–Trinajstić information content (AvgIpc) is 2.97. The van der Waals surface area contributed by atoms with Crippen molar-refractivity contribution in [3.05, 3.63) is 30.3 Å². The van der Waals surface area contributed by atoms with Crippen molar-refractivity contribution in [2.24, 2.45) is 11.7 Å². The van der Waals surface area contributed by atoms with Crippen LogP contribution in [0.5, 0.6) is 0 Å². The third kappa shape index (κ3) is 3.46. The molecule has 2 aromatic rings. The van der Waals surface area contributed by atoms with E-state index in [1.807, 2.05) is 18.2 Å². The van der Waals surface area contributed by atoms with E-state index >= 15 is 0 Å². The molecule has 1 aliphatic rings. The van der Waals surface area contributed by atoms with Gasteiger partial charge in [-0.15, -0.1) is 0 Å². The lowest BCUT2D eigenvalue weighted by atomic mass is 9.91. The van der Waals surface area contributed by atoms with Gasteiger partial charge in [0.05, 0.1) is 6.54 Å². The smallest absolute Gasteiger partial charge is 0.241 e. The van der Waals surface area contributed by atoms with E-state index in [0.717, 1.165) is 31.6 Å². The Hall–Kier alpha value is -1.79. The number of likely N-dealkylation sites (tertiary alicyclic amines) is 1. The number of nitrogens with zero attached hydrogens (tertiary/aromatic N) is 4. The van der Waals surface area contributed by atoms with Crippen molar-refractivity contribution in [2.45, 2.75) is 32.4 Å². The minimum Gasteiger partial charge on any atom is -0.337 e. The predicted octanol–water partition coefficient (Wildman–Crippen LogP) is 1.69. The van der Waals surface area contributed by atoms with Crippen molar-refractivity contribution in [1.29, 1.82) is 0 Å². The molecule has 6 heteroatoms. The highest BCUT2D eigenvalue weighted by Crippen LogP contribution is 2.21. The van der Waals surface area contributed by atoms with Crippen molar-refractivity contribution in [3.63, 3.8) is 0 Å². The maximum atomic E-state index is 5.97. The van der Waals surface area contributed by atoms with Gasteiger partial charge in [-0.3, -0.25) is 9.88 Å². The van der Waals surface area contributed by atoms with Crippen LogP contribution in [0.25, 0.3) is 11.5 Å². The van der Waals surface area contributed by atoms with Crippen LogP contribution in [0.2, 0.25) is 0 Å². The van der Waals surface area contributed by atoms with Gasteiger partial charge in [-0.2, -0.15) is 4.98 Å². The summed E-state index contributed by atoms with van der Waals surface area (Å²) in [6.45, 7) is 4.87. The van der Waals surface area contributed by atoms with Gasteiger partial charge >= 0.3 is 0 Å². The molecular weight excluding hydrogens is 266 g/mol. The zero-order chi connectivity index (χ0) is 14.7. The van der Waals surface area contributed by atoms with Crippen LogP contribution >= 0.6 is 0 Å². The first kappa shape index (κ1) is 14.2. The zero-order valence-corrected chi connectivity index (χ0v) is 12.3. The summed E-state index contributed by atoms with van der Waals surface area (Å²) in [6, 6.07) is 5.94. The van der Waals surface area contributed by atoms with E-state index in [9.17, 15) is 0 Å².